The van der Waals surface area contributed by atoms with Crippen LogP contribution in [0.5, 0.6) is 0 Å². The minimum Gasteiger partial charge on any atom is -0.379 e. The average Bonchev–Trinajstić information content (AvgIpc) is 2.82. The van der Waals surface area contributed by atoms with Gasteiger partial charge in [-0.15, -0.1) is 0 Å². The van der Waals surface area contributed by atoms with E-state index in [-0.39, 0.29) is 26.4 Å². The Hall–Kier alpha value is -1.88. The van der Waals surface area contributed by atoms with Gasteiger partial charge in [-0.25, -0.2) is 0 Å². The monoisotopic (exact) mass is 486 g/mol. The lowest BCUT2D eigenvalue weighted by Crippen LogP contribution is -2.58. The molecule has 1 rings (SSSR count). The smallest absolute Gasteiger partial charge is 0.255 e. The zero-order chi connectivity index (χ0) is 25.0. The van der Waals surface area contributed by atoms with Gasteiger partial charge in [-0.3, -0.25) is 29.0 Å². The predicted octanol–water partition coefficient (Wildman–Crippen LogP) is 1.94. The third kappa shape index (κ3) is 13.1. The van der Waals surface area contributed by atoms with Crippen LogP contribution in [0, 0.1) is 0 Å². The minimum atomic E-state index is -0.621. The molecular formula is C24H42N2O8. The molecule has 1 aliphatic rings. The fraction of sp³-hybridized carbons (Fsp3) is 0.833. The fourth-order valence-corrected chi connectivity index (χ4v) is 3.25. The van der Waals surface area contributed by atoms with E-state index in [1.807, 2.05) is 0 Å². The molecule has 34 heavy (non-hydrogen) atoms. The maximum atomic E-state index is 12.3. The van der Waals surface area contributed by atoms with Gasteiger partial charge in [-0.2, -0.15) is 0 Å². The molecule has 0 saturated carbocycles. The van der Waals surface area contributed by atoms with E-state index in [0.29, 0.717) is 26.4 Å². The first-order chi connectivity index (χ1) is 16.5. The standard InChI is InChI=1S/C24H42N2O8/c1-3-5-7-9-11-31-13-15-33-19-23(29)25-17-22(28)26(18-21(25)27)24(30)20-34-16-14-32-12-10-8-6-4-2/h3-20H2,1-2H3. The van der Waals surface area contributed by atoms with E-state index in [0.717, 1.165) is 48.3 Å². The van der Waals surface area contributed by atoms with Crippen molar-refractivity contribution in [3.63, 3.8) is 0 Å². The van der Waals surface area contributed by atoms with Crippen LogP contribution < -0.4 is 0 Å². The van der Waals surface area contributed by atoms with Crippen LogP contribution in [0.15, 0.2) is 0 Å². The molecule has 10 heteroatoms. The molecule has 10 nitrogen and oxygen atoms in total. The Morgan fingerprint density at radius 3 is 1.35 bits per heavy atom. The molecule has 196 valence electrons. The first kappa shape index (κ1) is 30.2. The molecule has 0 radical (unpaired) electrons. The highest BCUT2D eigenvalue weighted by Gasteiger charge is 2.36. The topological polar surface area (TPSA) is 112 Å². The number of hydrogen-bond donors (Lipinski definition) is 0. The number of amides is 4. The Morgan fingerprint density at radius 2 is 0.971 bits per heavy atom. The summed E-state index contributed by atoms with van der Waals surface area (Å²) in [6.07, 6.45) is 8.92. The molecular weight excluding hydrogens is 444 g/mol. The van der Waals surface area contributed by atoms with Crippen LogP contribution in [0.4, 0.5) is 0 Å². The maximum absolute atomic E-state index is 12.3. The van der Waals surface area contributed by atoms with E-state index in [1.54, 1.807) is 0 Å². The maximum Gasteiger partial charge on any atom is 0.255 e. The Kier molecular flexibility index (Phi) is 17.2. The van der Waals surface area contributed by atoms with Crippen molar-refractivity contribution >= 4 is 23.6 Å². The number of rotatable bonds is 20. The molecule has 0 bridgehead atoms. The Balaban J connectivity index is 2.17. The quantitative estimate of drug-likeness (QED) is 0.240. The molecule has 0 aromatic heterocycles. The molecule has 0 atom stereocenters. The third-order valence-corrected chi connectivity index (χ3v) is 5.27. The van der Waals surface area contributed by atoms with Crippen molar-refractivity contribution in [2.45, 2.75) is 65.2 Å². The van der Waals surface area contributed by atoms with Crippen LogP contribution in [-0.4, -0.2) is 99.4 Å². The average molecular weight is 487 g/mol. The van der Waals surface area contributed by atoms with Crippen molar-refractivity contribution in [2.24, 2.45) is 0 Å². The normalized spacial score (nSPS) is 14.2. The number of imide groups is 2. The first-order valence-corrected chi connectivity index (χ1v) is 12.5. The van der Waals surface area contributed by atoms with Crippen LogP contribution >= 0.6 is 0 Å². The number of ether oxygens (including phenoxy) is 4. The number of unbranched alkanes of at least 4 members (excludes halogenated alkanes) is 6. The summed E-state index contributed by atoms with van der Waals surface area (Å²) in [5, 5.41) is 0. The fourth-order valence-electron chi connectivity index (χ4n) is 3.25. The van der Waals surface area contributed by atoms with Crippen molar-refractivity contribution in [1.82, 2.24) is 9.80 Å². The molecule has 1 saturated heterocycles. The van der Waals surface area contributed by atoms with Gasteiger partial charge in [0.15, 0.2) is 0 Å². The van der Waals surface area contributed by atoms with E-state index in [9.17, 15) is 19.2 Å². The van der Waals surface area contributed by atoms with Gasteiger partial charge in [0.05, 0.1) is 26.4 Å². The summed E-state index contributed by atoms with van der Waals surface area (Å²) in [7, 11) is 0. The van der Waals surface area contributed by atoms with E-state index in [2.05, 4.69) is 13.8 Å². The van der Waals surface area contributed by atoms with E-state index < -0.39 is 36.7 Å². The summed E-state index contributed by atoms with van der Waals surface area (Å²) in [4.78, 5) is 50.7. The molecule has 1 aliphatic heterocycles. The summed E-state index contributed by atoms with van der Waals surface area (Å²) in [5.74, 6) is -2.46. The molecule has 0 unspecified atom stereocenters. The Labute approximate surface area is 203 Å². The van der Waals surface area contributed by atoms with Gasteiger partial charge < -0.3 is 18.9 Å². The zero-order valence-corrected chi connectivity index (χ0v) is 20.9. The summed E-state index contributed by atoms with van der Waals surface area (Å²) in [6, 6.07) is 0. The van der Waals surface area contributed by atoms with E-state index in [4.69, 9.17) is 18.9 Å². The second-order valence-electron chi connectivity index (χ2n) is 8.20. The number of carbonyl (C=O) groups is 4. The third-order valence-electron chi connectivity index (χ3n) is 5.27. The van der Waals surface area contributed by atoms with Crippen molar-refractivity contribution in [3.8, 4) is 0 Å². The van der Waals surface area contributed by atoms with Gasteiger partial charge in [0.25, 0.3) is 11.8 Å². The molecule has 1 heterocycles. The zero-order valence-electron chi connectivity index (χ0n) is 20.9. The molecule has 0 aliphatic carbocycles. The number of hydrogen-bond acceptors (Lipinski definition) is 8. The van der Waals surface area contributed by atoms with E-state index in [1.165, 1.54) is 12.8 Å². The first-order valence-electron chi connectivity index (χ1n) is 12.5. The largest absolute Gasteiger partial charge is 0.379 e. The SMILES string of the molecule is CCCCCCOCCOCC(=O)N1CC(=O)N(C(=O)COCCOCCCCCC)CC1=O. The molecule has 4 amide bonds. The van der Waals surface area contributed by atoms with E-state index >= 15 is 0 Å². The Morgan fingerprint density at radius 1 is 0.588 bits per heavy atom. The number of nitrogens with zero attached hydrogens (tertiary/aromatic N) is 2. The highest BCUT2D eigenvalue weighted by atomic mass is 16.5. The van der Waals surface area contributed by atoms with Crippen LogP contribution in [0.3, 0.4) is 0 Å². The van der Waals surface area contributed by atoms with Crippen molar-refractivity contribution < 1.29 is 38.1 Å². The lowest BCUT2D eigenvalue weighted by Gasteiger charge is -2.31. The van der Waals surface area contributed by atoms with Gasteiger partial charge in [-0.1, -0.05) is 52.4 Å². The summed E-state index contributed by atoms with van der Waals surface area (Å²) < 4.78 is 21.4. The van der Waals surface area contributed by atoms with Gasteiger partial charge in [0.1, 0.15) is 26.3 Å². The molecule has 0 N–H and O–H groups in total. The molecule has 0 spiro atoms. The molecule has 1 fully saturated rings. The second-order valence-corrected chi connectivity index (χ2v) is 8.20. The summed E-state index contributed by atoms with van der Waals surface area (Å²) >= 11 is 0. The minimum absolute atomic E-state index is 0.222. The predicted molar refractivity (Wildman–Crippen MR) is 125 cm³/mol. The summed E-state index contributed by atoms with van der Waals surface area (Å²) in [5.41, 5.74) is 0. The summed E-state index contributed by atoms with van der Waals surface area (Å²) in [6.45, 7) is 5.13. The van der Waals surface area contributed by atoms with Crippen LogP contribution in [0.2, 0.25) is 0 Å². The molecule has 0 aromatic rings. The van der Waals surface area contributed by atoms with Crippen LogP contribution in [-0.2, 0) is 38.1 Å². The highest BCUT2D eigenvalue weighted by Crippen LogP contribution is 2.07. The van der Waals surface area contributed by atoms with Gasteiger partial charge in [0, 0.05) is 13.2 Å². The van der Waals surface area contributed by atoms with Crippen molar-refractivity contribution in [2.75, 3.05) is 65.9 Å². The van der Waals surface area contributed by atoms with Crippen LogP contribution in [0.1, 0.15) is 65.2 Å². The van der Waals surface area contributed by atoms with Gasteiger partial charge >= 0.3 is 0 Å². The molecule has 0 aromatic carbocycles. The number of carbonyl (C=O) groups excluding carboxylic acids is 4. The Bertz CT molecular complexity index is 562. The second kappa shape index (κ2) is 19.4. The highest BCUT2D eigenvalue weighted by molar-refractivity contribution is 6.09. The number of piperazine rings is 1. The lowest BCUT2D eigenvalue weighted by atomic mass is 10.2. The van der Waals surface area contributed by atoms with Crippen LogP contribution in [0.25, 0.3) is 0 Å². The van der Waals surface area contributed by atoms with Gasteiger partial charge in [-0.05, 0) is 12.8 Å². The van der Waals surface area contributed by atoms with Gasteiger partial charge in [0.2, 0.25) is 11.8 Å². The lowest BCUT2D eigenvalue weighted by molar-refractivity contribution is -0.165. The van der Waals surface area contributed by atoms with Crippen molar-refractivity contribution in [1.29, 1.82) is 0 Å². The van der Waals surface area contributed by atoms with Crippen molar-refractivity contribution in [3.05, 3.63) is 0 Å².